The molecule has 5 nitrogen and oxygen atoms in total. The van der Waals surface area contributed by atoms with Crippen LogP contribution in [0.4, 0.5) is 0 Å². The quantitative estimate of drug-likeness (QED) is 0.818. The Morgan fingerprint density at radius 1 is 1.00 bits per heavy atom. The molecule has 1 fully saturated rings. The smallest absolute Gasteiger partial charge is 0.122 e. The SMILES string of the molecule is CCOc1ccc(CN2CCN(Cc3nccn3C)CC2)cc1. The summed E-state index contributed by atoms with van der Waals surface area (Å²) in [5, 5.41) is 0. The van der Waals surface area contributed by atoms with Crippen LogP contribution in [0.1, 0.15) is 18.3 Å². The van der Waals surface area contributed by atoms with E-state index in [0.717, 1.165) is 57.4 Å². The molecule has 5 heteroatoms. The van der Waals surface area contributed by atoms with Gasteiger partial charge in [0.15, 0.2) is 0 Å². The molecule has 1 aromatic heterocycles. The third kappa shape index (κ3) is 4.33. The average molecular weight is 314 g/mol. The van der Waals surface area contributed by atoms with Gasteiger partial charge in [0.25, 0.3) is 0 Å². The molecule has 23 heavy (non-hydrogen) atoms. The number of benzene rings is 1. The van der Waals surface area contributed by atoms with Gasteiger partial charge in [-0.15, -0.1) is 0 Å². The lowest BCUT2D eigenvalue weighted by Gasteiger charge is -2.34. The van der Waals surface area contributed by atoms with Crippen LogP contribution in [0.2, 0.25) is 0 Å². The molecule has 0 radical (unpaired) electrons. The number of imidazole rings is 1. The van der Waals surface area contributed by atoms with Gasteiger partial charge in [-0.3, -0.25) is 9.80 Å². The second kappa shape index (κ2) is 7.62. The maximum atomic E-state index is 5.50. The first-order chi connectivity index (χ1) is 11.2. The van der Waals surface area contributed by atoms with Crippen LogP contribution in [0.25, 0.3) is 0 Å². The van der Waals surface area contributed by atoms with Gasteiger partial charge >= 0.3 is 0 Å². The highest BCUT2D eigenvalue weighted by molar-refractivity contribution is 5.27. The molecule has 0 aliphatic carbocycles. The van der Waals surface area contributed by atoms with E-state index in [2.05, 4.69) is 50.7 Å². The Morgan fingerprint density at radius 3 is 2.22 bits per heavy atom. The largest absolute Gasteiger partial charge is 0.494 e. The fourth-order valence-corrected chi connectivity index (χ4v) is 2.97. The van der Waals surface area contributed by atoms with Crippen molar-refractivity contribution in [3.63, 3.8) is 0 Å². The van der Waals surface area contributed by atoms with E-state index < -0.39 is 0 Å². The van der Waals surface area contributed by atoms with Crippen molar-refractivity contribution in [3.8, 4) is 5.75 Å². The molecule has 0 atom stereocenters. The minimum absolute atomic E-state index is 0.720. The van der Waals surface area contributed by atoms with E-state index in [-0.39, 0.29) is 0 Å². The second-order valence-electron chi connectivity index (χ2n) is 6.08. The van der Waals surface area contributed by atoms with Crippen molar-refractivity contribution in [1.82, 2.24) is 19.4 Å². The normalized spacial score (nSPS) is 16.6. The number of rotatable bonds is 6. The summed E-state index contributed by atoms with van der Waals surface area (Å²) in [5.41, 5.74) is 1.35. The van der Waals surface area contributed by atoms with Crippen LogP contribution in [0.5, 0.6) is 5.75 Å². The van der Waals surface area contributed by atoms with Crippen molar-refractivity contribution in [2.75, 3.05) is 32.8 Å². The van der Waals surface area contributed by atoms with Gasteiger partial charge in [-0.2, -0.15) is 0 Å². The molecule has 1 aliphatic heterocycles. The lowest BCUT2D eigenvalue weighted by Crippen LogP contribution is -2.45. The van der Waals surface area contributed by atoms with Gasteiger partial charge in [0.05, 0.1) is 13.2 Å². The molecule has 1 aliphatic rings. The number of ether oxygens (including phenoxy) is 1. The van der Waals surface area contributed by atoms with E-state index in [4.69, 9.17) is 4.74 Å². The summed E-state index contributed by atoms with van der Waals surface area (Å²) in [6.07, 6.45) is 3.88. The topological polar surface area (TPSA) is 33.5 Å². The summed E-state index contributed by atoms with van der Waals surface area (Å²) >= 11 is 0. The predicted molar refractivity (Wildman–Crippen MR) is 91.4 cm³/mol. The Bertz CT molecular complexity index is 600. The van der Waals surface area contributed by atoms with Crippen LogP contribution >= 0.6 is 0 Å². The lowest BCUT2D eigenvalue weighted by atomic mass is 10.2. The average Bonchev–Trinajstić information content (AvgIpc) is 2.96. The Balaban J connectivity index is 1.46. The number of aromatic nitrogens is 2. The Labute approximate surface area is 138 Å². The first-order valence-electron chi connectivity index (χ1n) is 8.37. The van der Waals surface area contributed by atoms with E-state index in [1.54, 1.807) is 0 Å². The third-order valence-electron chi connectivity index (χ3n) is 4.39. The van der Waals surface area contributed by atoms with Crippen LogP contribution in [-0.2, 0) is 20.1 Å². The molecular weight excluding hydrogens is 288 g/mol. The van der Waals surface area contributed by atoms with E-state index in [1.165, 1.54) is 5.56 Å². The van der Waals surface area contributed by atoms with Gasteiger partial charge in [-0.1, -0.05) is 12.1 Å². The fourth-order valence-electron chi connectivity index (χ4n) is 2.97. The Hall–Kier alpha value is -1.85. The molecule has 0 N–H and O–H groups in total. The molecule has 3 rings (SSSR count). The van der Waals surface area contributed by atoms with Crippen molar-refractivity contribution < 1.29 is 4.74 Å². The van der Waals surface area contributed by atoms with Gasteiger partial charge in [-0.25, -0.2) is 4.98 Å². The summed E-state index contributed by atoms with van der Waals surface area (Å²) in [6, 6.07) is 8.48. The predicted octanol–water partition coefficient (Wildman–Crippen LogP) is 2.14. The third-order valence-corrected chi connectivity index (χ3v) is 4.39. The molecule has 0 amide bonds. The lowest BCUT2D eigenvalue weighted by molar-refractivity contribution is 0.119. The van der Waals surface area contributed by atoms with E-state index in [1.807, 2.05) is 19.3 Å². The first-order valence-corrected chi connectivity index (χ1v) is 8.37. The number of aryl methyl sites for hydroxylation is 1. The van der Waals surface area contributed by atoms with Crippen LogP contribution in [0.3, 0.4) is 0 Å². The highest BCUT2D eigenvalue weighted by Gasteiger charge is 2.18. The van der Waals surface area contributed by atoms with Gasteiger partial charge in [0.2, 0.25) is 0 Å². The minimum Gasteiger partial charge on any atom is -0.494 e. The molecule has 2 heterocycles. The molecule has 2 aromatic rings. The fraction of sp³-hybridized carbons (Fsp3) is 0.500. The van der Waals surface area contributed by atoms with Gasteiger partial charge in [0, 0.05) is 52.2 Å². The second-order valence-corrected chi connectivity index (χ2v) is 6.08. The number of hydrogen-bond donors (Lipinski definition) is 0. The van der Waals surface area contributed by atoms with Crippen LogP contribution in [0, 0.1) is 0 Å². The van der Waals surface area contributed by atoms with Crippen molar-refractivity contribution in [3.05, 3.63) is 48.0 Å². The molecule has 0 bridgehead atoms. The number of nitrogens with zero attached hydrogens (tertiary/aromatic N) is 4. The van der Waals surface area contributed by atoms with E-state index in [9.17, 15) is 0 Å². The molecule has 124 valence electrons. The maximum Gasteiger partial charge on any atom is 0.122 e. The zero-order chi connectivity index (χ0) is 16.1. The Morgan fingerprint density at radius 2 is 1.65 bits per heavy atom. The van der Waals surface area contributed by atoms with Crippen LogP contribution < -0.4 is 4.74 Å². The molecule has 1 saturated heterocycles. The minimum atomic E-state index is 0.720. The van der Waals surface area contributed by atoms with Gasteiger partial charge < -0.3 is 9.30 Å². The van der Waals surface area contributed by atoms with Crippen LogP contribution in [-0.4, -0.2) is 52.1 Å². The Kier molecular flexibility index (Phi) is 5.31. The molecular formula is C18H26N4O. The summed E-state index contributed by atoms with van der Waals surface area (Å²) in [7, 11) is 2.06. The highest BCUT2D eigenvalue weighted by atomic mass is 16.5. The molecule has 0 spiro atoms. The standard InChI is InChI=1S/C18H26N4O/c1-3-23-17-6-4-16(5-7-17)14-21-10-12-22(13-11-21)15-18-19-8-9-20(18)2/h4-9H,3,10-15H2,1-2H3. The first kappa shape index (κ1) is 16.0. The van der Waals surface area contributed by atoms with Gasteiger partial charge in [-0.05, 0) is 24.6 Å². The zero-order valence-corrected chi connectivity index (χ0v) is 14.1. The number of hydrogen-bond acceptors (Lipinski definition) is 4. The number of piperazine rings is 1. The van der Waals surface area contributed by atoms with Gasteiger partial charge in [0.1, 0.15) is 11.6 Å². The van der Waals surface area contributed by atoms with Crippen molar-refractivity contribution in [2.45, 2.75) is 20.0 Å². The monoisotopic (exact) mass is 314 g/mol. The van der Waals surface area contributed by atoms with E-state index >= 15 is 0 Å². The van der Waals surface area contributed by atoms with E-state index in [0.29, 0.717) is 0 Å². The highest BCUT2D eigenvalue weighted by Crippen LogP contribution is 2.15. The maximum absolute atomic E-state index is 5.50. The van der Waals surface area contributed by atoms with Crippen LogP contribution in [0.15, 0.2) is 36.7 Å². The van der Waals surface area contributed by atoms with Crippen molar-refractivity contribution >= 4 is 0 Å². The summed E-state index contributed by atoms with van der Waals surface area (Å²) in [4.78, 5) is 9.42. The van der Waals surface area contributed by atoms with Crippen molar-refractivity contribution in [1.29, 1.82) is 0 Å². The summed E-state index contributed by atoms with van der Waals surface area (Å²) in [5.74, 6) is 2.10. The zero-order valence-electron chi connectivity index (χ0n) is 14.1. The van der Waals surface area contributed by atoms with Crippen molar-refractivity contribution in [2.24, 2.45) is 7.05 Å². The molecule has 0 unspecified atom stereocenters. The summed E-state index contributed by atoms with van der Waals surface area (Å²) < 4.78 is 7.60. The summed E-state index contributed by atoms with van der Waals surface area (Å²) in [6.45, 7) is 9.11. The molecule has 1 aromatic carbocycles. The molecule has 0 saturated carbocycles.